The molecule has 0 aliphatic heterocycles. The summed E-state index contributed by atoms with van der Waals surface area (Å²) in [7, 11) is 3.16. The molecule has 10 heteroatoms. The lowest BCUT2D eigenvalue weighted by molar-refractivity contribution is -0.141. The van der Waals surface area contributed by atoms with Crippen molar-refractivity contribution in [1.29, 1.82) is 0 Å². The van der Waals surface area contributed by atoms with Gasteiger partial charge in [-0.25, -0.2) is 9.97 Å². The number of methoxy groups -OCH3 is 1. The first-order chi connectivity index (χ1) is 13.7. The maximum atomic E-state index is 13.1. The fourth-order valence-electron chi connectivity index (χ4n) is 4.71. The van der Waals surface area contributed by atoms with E-state index in [0.29, 0.717) is 24.1 Å². The van der Waals surface area contributed by atoms with Crippen LogP contribution in [0.3, 0.4) is 0 Å². The molecule has 0 aromatic carbocycles. The van der Waals surface area contributed by atoms with Gasteiger partial charge in [-0.1, -0.05) is 0 Å². The largest absolute Gasteiger partial charge is 0.490 e. The Kier molecular flexibility index (Phi) is 4.91. The summed E-state index contributed by atoms with van der Waals surface area (Å²) in [5.41, 5.74) is -1.14. The predicted molar refractivity (Wildman–Crippen MR) is 99.1 cm³/mol. The third-order valence-electron chi connectivity index (χ3n) is 6.47. The van der Waals surface area contributed by atoms with Crippen LogP contribution < -0.4 is 9.47 Å². The third kappa shape index (κ3) is 3.65. The maximum absolute atomic E-state index is 13.1. The van der Waals surface area contributed by atoms with Gasteiger partial charge in [0, 0.05) is 24.1 Å². The summed E-state index contributed by atoms with van der Waals surface area (Å²) >= 11 is 5.86. The van der Waals surface area contributed by atoms with Gasteiger partial charge in [-0.05, 0) is 50.1 Å². The minimum Gasteiger partial charge on any atom is -0.490 e. The highest BCUT2D eigenvalue weighted by Crippen LogP contribution is 2.57. The van der Waals surface area contributed by atoms with Crippen LogP contribution in [0.25, 0.3) is 0 Å². The van der Waals surface area contributed by atoms with Gasteiger partial charge >= 0.3 is 6.18 Å². The lowest BCUT2D eigenvalue weighted by Crippen LogP contribution is -2.47. The van der Waals surface area contributed by atoms with Crippen molar-refractivity contribution in [2.24, 2.45) is 12.5 Å². The Hall–Kier alpha value is -2.03. The van der Waals surface area contributed by atoms with E-state index in [9.17, 15) is 13.2 Å². The Morgan fingerprint density at radius 3 is 2.34 bits per heavy atom. The molecule has 2 aromatic rings. The van der Waals surface area contributed by atoms with Crippen LogP contribution in [0.1, 0.15) is 50.0 Å². The van der Waals surface area contributed by atoms with Crippen molar-refractivity contribution in [2.75, 3.05) is 13.7 Å². The highest BCUT2D eigenvalue weighted by Gasteiger charge is 2.52. The van der Waals surface area contributed by atoms with Crippen LogP contribution in [0, 0.1) is 5.41 Å². The van der Waals surface area contributed by atoms with Crippen LogP contribution in [0.2, 0.25) is 5.28 Å². The molecule has 0 atom stereocenters. The third-order valence-corrected chi connectivity index (χ3v) is 6.65. The first-order valence-electron chi connectivity index (χ1n) is 9.47. The molecule has 6 nitrogen and oxygen atoms in total. The molecule has 0 N–H and O–H groups in total. The van der Waals surface area contributed by atoms with Gasteiger partial charge in [0.1, 0.15) is 5.82 Å². The van der Waals surface area contributed by atoms with E-state index >= 15 is 0 Å². The highest BCUT2D eigenvalue weighted by molar-refractivity contribution is 6.28. The molecule has 0 spiro atoms. The van der Waals surface area contributed by atoms with Gasteiger partial charge in [0.2, 0.25) is 5.28 Å². The van der Waals surface area contributed by atoms with Crippen LogP contribution in [0.4, 0.5) is 13.2 Å². The first-order valence-corrected chi connectivity index (χ1v) is 9.85. The number of imidazole rings is 1. The van der Waals surface area contributed by atoms with Crippen LogP contribution >= 0.6 is 11.6 Å². The fraction of sp³-hybridized carbons (Fsp3) is 0.632. The molecule has 3 aliphatic rings. The number of nitrogens with zero attached hydrogens (tertiary/aromatic N) is 4. The van der Waals surface area contributed by atoms with E-state index in [1.165, 1.54) is 13.3 Å². The zero-order chi connectivity index (χ0) is 20.9. The van der Waals surface area contributed by atoms with Gasteiger partial charge < -0.3 is 14.0 Å². The minimum absolute atomic E-state index is 0.0256. The lowest BCUT2D eigenvalue weighted by atomic mass is 9.53. The van der Waals surface area contributed by atoms with Gasteiger partial charge in [-0.15, -0.1) is 0 Å². The molecule has 158 valence electrons. The Balaban J connectivity index is 1.48. The number of fused-ring (bicyclic) bond motifs is 3. The van der Waals surface area contributed by atoms with Crippen molar-refractivity contribution in [3.63, 3.8) is 0 Å². The van der Waals surface area contributed by atoms with Crippen LogP contribution in [-0.4, -0.2) is 33.2 Å². The second-order valence-corrected chi connectivity index (χ2v) is 8.48. The molecule has 29 heavy (non-hydrogen) atoms. The molecule has 2 heterocycles. The van der Waals surface area contributed by atoms with Crippen LogP contribution in [-0.2, 0) is 18.6 Å². The number of alkyl halides is 3. The van der Waals surface area contributed by atoms with Gasteiger partial charge in [0.05, 0.1) is 19.9 Å². The second kappa shape index (κ2) is 7.04. The molecular formula is C19H22ClF3N4O2. The summed E-state index contributed by atoms with van der Waals surface area (Å²) < 4.78 is 51.9. The van der Waals surface area contributed by atoms with Gasteiger partial charge in [0.25, 0.3) is 5.88 Å². The zero-order valence-corrected chi connectivity index (χ0v) is 17.0. The molecular weight excluding hydrogens is 409 g/mol. The minimum atomic E-state index is -4.43. The van der Waals surface area contributed by atoms with Crippen molar-refractivity contribution < 1.29 is 22.6 Å². The van der Waals surface area contributed by atoms with Crippen molar-refractivity contribution in [3.05, 3.63) is 29.2 Å². The van der Waals surface area contributed by atoms with Crippen molar-refractivity contribution in [3.8, 4) is 11.6 Å². The molecule has 2 bridgehead atoms. The van der Waals surface area contributed by atoms with Gasteiger partial charge in [-0.3, -0.25) is 0 Å². The number of rotatable bonds is 5. The van der Waals surface area contributed by atoms with E-state index in [2.05, 4.69) is 15.0 Å². The van der Waals surface area contributed by atoms with Crippen LogP contribution in [0.5, 0.6) is 11.6 Å². The maximum Gasteiger partial charge on any atom is 0.434 e. The van der Waals surface area contributed by atoms with E-state index in [1.807, 2.05) is 0 Å². The summed E-state index contributed by atoms with van der Waals surface area (Å²) in [5.74, 6) is 1.27. The van der Waals surface area contributed by atoms with Gasteiger partial charge in [0.15, 0.2) is 11.4 Å². The zero-order valence-electron chi connectivity index (χ0n) is 16.2. The number of halogens is 4. The Morgan fingerprint density at radius 1 is 1.14 bits per heavy atom. The molecule has 0 saturated heterocycles. The number of ether oxygens (including phenoxy) is 2. The van der Waals surface area contributed by atoms with Gasteiger partial charge in [-0.2, -0.15) is 18.2 Å². The Bertz CT molecular complexity index is 891. The quantitative estimate of drug-likeness (QED) is 0.650. The summed E-state index contributed by atoms with van der Waals surface area (Å²) in [6.45, 7) is 0.459. The SMILES string of the molecule is COc1cnc(Cl)nc1OCC12CCC(c3nc(C(F)(F)F)cn3C)(CC1)CC2. The Labute approximate surface area is 171 Å². The molecule has 5 rings (SSSR count). The van der Waals surface area contributed by atoms with Crippen molar-refractivity contribution >= 4 is 11.6 Å². The molecule has 3 aliphatic carbocycles. The second-order valence-electron chi connectivity index (χ2n) is 8.14. The highest BCUT2D eigenvalue weighted by atomic mass is 35.5. The molecule has 0 unspecified atom stereocenters. The Morgan fingerprint density at radius 2 is 1.79 bits per heavy atom. The number of hydrogen-bond donors (Lipinski definition) is 0. The number of aromatic nitrogens is 4. The number of hydrogen-bond acceptors (Lipinski definition) is 5. The molecule has 3 saturated carbocycles. The summed E-state index contributed by atoms with van der Waals surface area (Å²) in [6.07, 6.45) is 3.10. The van der Waals surface area contributed by atoms with Crippen LogP contribution in [0.15, 0.2) is 12.4 Å². The van der Waals surface area contributed by atoms with E-state index in [0.717, 1.165) is 44.7 Å². The average molecular weight is 431 g/mol. The standard InChI is InChI=1S/C19H22ClF3N4O2/c1-27-10-13(19(21,22)23)25-15(27)18-6-3-17(4-7-18,5-8-18)11-29-14-12(28-2)9-24-16(20)26-14/h9-10H,3-8,11H2,1-2H3. The van der Waals surface area contributed by atoms with Crippen molar-refractivity contribution in [2.45, 2.75) is 50.1 Å². The molecule has 0 radical (unpaired) electrons. The van der Waals surface area contributed by atoms with E-state index in [-0.39, 0.29) is 16.1 Å². The summed E-state index contributed by atoms with van der Waals surface area (Å²) in [4.78, 5) is 12.0. The summed E-state index contributed by atoms with van der Waals surface area (Å²) in [5, 5.41) is 0.0832. The van der Waals surface area contributed by atoms with E-state index < -0.39 is 11.9 Å². The number of aryl methyl sites for hydroxylation is 1. The van der Waals surface area contributed by atoms with E-state index in [1.54, 1.807) is 11.6 Å². The predicted octanol–water partition coefficient (Wildman–Crippen LogP) is 4.56. The monoisotopic (exact) mass is 430 g/mol. The first kappa shape index (κ1) is 20.3. The lowest BCUT2D eigenvalue weighted by Gasteiger charge is -2.52. The van der Waals surface area contributed by atoms with Crippen molar-refractivity contribution in [1.82, 2.24) is 19.5 Å². The summed E-state index contributed by atoms with van der Waals surface area (Å²) in [6, 6.07) is 0. The average Bonchev–Trinajstić information content (AvgIpc) is 3.11. The molecule has 2 aromatic heterocycles. The van der Waals surface area contributed by atoms with E-state index in [4.69, 9.17) is 21.1 Å². The topological polar surface area (TPSA) is 62.1 Å². The molecule has 3 fully saturated rings. The molecule has 0 amide bonds. The fourth-order valence-corrected chi connectivity index (χ4v) is 4.84. The smallest absolute Gasteiger partial charge is 0.434 e. The normalized spacial score (nSPS) is 26.6.